The van der Waals surface area contributed by atoms with Crippen LogP contribution in [-0.2, 0) is 15.0 Å². The van der Waals surface area contributed by atoms with Crippen LogP contribution in [0.1, 0.15) is 32.3 Å². The first-order chi connectivity index (χ1) is 15.2. The highest BCUT2D eigenvalue weighted by Crippen LogP contribution is 2.56. The van der Waals surface area contributed by atoms with Gasteiger partial charge in [0, 0.05) is 34.6 Å². The van der Waals surface area contributed by atoms with Gasteiger partial charge in [0.25, 0.3) is 0 Å². The Balaban J connectivity index is 1.89. The number of para-hydroxylation sites is 1. The summed E-state index contributed by atoms with van der Waals surface area (Å²) in [5, 5.41) is 13.1. The third kappa shape index (κ3) is 2.50. The SMILES string of the molecule is CC1(C)CC(=O)C2=C(C1)N(c1ccc(F)cc1)C(N)=C(C#N)[C@@]21C(=O)Nc2ccccc21. The van der Waals surface area contributed by atoms with Gasteiger partial charge in [0.2, 0.25) is 5.91 Å². The van der Waals surface area contributed by atoms with Gasteiger partial charge in [0.05, 0.1) is 5.57 Å². The molecule has 0 aromatic heterocycles. The molecule has 5 rings (SSSR count). The third-order valence-electron chi connectivity index (χ3n) is 6.49. The summed E-state index contributed by atoms with van der Waals surface area (Å²) in [5.74, 6) is -1.01. The molecule has 1 spiro atoms. The summed E-state index contributed by atoms with van der Waals surface area (Å²) < 4.78 is 13.6. The van der Waals surface area contributed by atoms with Gasteiger partial charge in [-0.2, -0.15) is 5.26 Å². The summed E-state index contributed by atoms with van der Waals surface area (Å²) in [7, 11) is 0. The van der Waals surface area contributed by atoms with Crippen LogP contribution in [0.15, 0.2) is 71.2 Å². The molecule has 0 fully saturated rings. The highest BCUT2D eigenvalue weighted by atomic mass is 19.1. The van der Waals surface area contributed by atoms with Crippen LogP contribution in [0.4, 0.5) is 15.8 Å². The molecule has 0 bridgehead atoms. The van der Waals surface area contributed by atoms with Crippen molar-refractivity contribution >= 4 is 23.1 Å². The van der Waals surface area contributed by atoms with Crippen LogP contribution in [0.25, 0.3) is 0 Å². The fraction of sp³-hybridized carbons (Fsp3) is 0.240. The van der Waals surface area contributed by atoms with Crippen LogP contribution in [0.2, 0.25) is 0 Å². The zero-order chi connectivity index (χ0) is 22.8. The molecule has 3 aliphatic rings. The van der Waals surface area contributed by atoms with Crippen molar-refractivity contribution in [1.29, 1.82) is 5.26 Å². The van der Waals surface area contributed by atoms with E-state index in [0.717, 1.165) is 0 Å². The number of carbonyl (C=O) groups is 2. The number of allylic oxidation sites excluding steroid dienone is 1. The summed E-state index contributed by atoms with van der Waals surface area (Å²) in [6.45, 7) is 3.96. The fourth-order valence-corrected chi connectivity index (χ4v) is 5.26. The van der Waals surface area contributed by atoms with E-state index in [1.165, 1.54) is 12.1 Å². The Labute approximate surface area is 184 Å². The van der Waals surface area contributed by atoms with Crippen molar-refractivity contribution < 1.29 is 14.0 Å². The lowest BCUT2D eigenvalue weighted by Gasteiger charge is -2.46. The summed E-state index contributed by atoms with van der Waals surface area (Å²) in [5.41, 5.74) is 7.06. The van der Waals surface area contributed by atoms with Gasteiger partial charge in [-0.15, -0.1) is 0 Å². The van der Waals surface area contributed by atoms with Crippen LogP contribution in [-0.4, -0.2) is 11.7 Å². The van der Waals surface area contributed by atoms with Crippen LogP contribution in [0, 0.1) is 22.6 Å². The normalized spacial score (nSPS) is 23.8. The van der Waals surface area contributed by atoms with Gasteiger partial charge >= 0.3 is 0 Å². The smallest absolute Gasteiger partial charge is 0.245 e. The number of anilines is 2. The molecule has 1 aliphatic carbocycles. The van der Waals surface area contributed by atoms with E-state index >= 15 is 0 Å². The molecular weight excluding hydrogens is 407 g/mol. The van der Waals surface area contributed by atoms with Gasteiger partial charge in [-0.25, -0.2) is 4.39 Å². The minimum atomic E-state index is -1.60. The molecule has 2 aromatic carbocycles. The first-order valence-electron chi connectivity index (χ1n) is 10.3. The maximum atomic E-state index is 13.7. The number of nitrogens with two attached hydrogens (primary N) is 1. The molecule has 2 aromatic rings. The Morgan fingerprint density at radius 3 is 2.47 bits per heavy atom. The Morgan fingerprint density at radius 2 is 1.78 bits per heavy atom. The quantitative estimate of drug-likeness (QED) is 0.718. The zero-order valence-corrected chi connectivity index (χ0v) is 17.7. The molecule has 1 amide bonds. The Kier molecular flexibility index (Phi) is 4.09. The van der Waals surface area contributed by atoms with Crippen molar-refractivity contribution in [3.63, 3.8) is 0 Å². The molecule has 1 atom stereocenters. The van der Waals surface area contributed by atoms with Crippen molar-refractivity contribution in [3.05, 3.63) is 82.6 Å². The van der Waals surface area contributed by atoms with Crippen LogP contribution >= 0.6 is 0 Å². The second kappa shape index (κ2) is 6.54. The lowest BCUT2D eigenvalue weighted by atomic mass is 9.61. The number of carbonyl (C=O) groups excluding carboxylic acids is 2. The molecule has 2 heterocycles. The number of nitrogens with one attached hydrogen (secondary N) is 1. The first kappa shape index (κ1) is 20.0. The topological polar surface area (TPSA) is 99.2 Å². The van der Waals surface area contributed by atoms with E-state index in [0.29, 0.717) is 29.1 Å². The van der Waals surface area contributed by atoms with E-state index in [1.807, 2.05) is 13.8 Å². The molecule has 0 saturated heterocycles. The second-order valence-electron chi connectivity index (χ2n) is 9.20. The molecule has 0 saturated carbocycles. The molecule has 7 heteroatoms. The third-order valence-corrected chi connectivity index (χ3v) is 6.49. The highest BCUT2D eigenvalue weighted by molar-refractivity contribution is 6.20. The number of hydrogen-bond acceptors (Lipinski definition) is 5. The number of halogens is 1. The molecule has 160 valence electrons. The monoisotopic (exact) mass is 428 g/mol. The first-order valence-corrected chi connectivity index (χ1v) is 10.3. The van der Waals surface area contributed by atoms with Gasteiger partial charge in [0.15, 0.2) is 5.78 Å². The minimum Gasteiger partial charge on any atom is -0.384 e. The Hall–Kier alpha value is -3.92. The average Bonchev–Trinajstić information content (AvgIpc) is 3.01. The Morgan fingerprint density at radius 1 is 1.09 bits per heavy atom. The van der Waals surface area contributed by atoms with E-state index in [9.17, 15) is 19.2 Å². The predicted molar refractivity (Wildman–Crippen MR) is 118 cm³/mol. The average molecular weight is 428 g/mol. The molecule has 6 nitrogen and oxygen atoms in total. The van der Waals surface area contributed by atoms with E-state index in [1.54, 1.807) is 41.3 Å². The minimum absolute atomic E-state index is 0.00363. The number of Topliss-reactive ketones (excluding diaryl/α,β-unsaturated/α-hetero) is 1. The number of nitriles is 1. The van der Waals surface area contributed by atoms with E-state index in [2.05, 4.69) is 11.4 Å². The standard InChI is InChI=1S/C25H21FN4O2/c1-24(2)11-19-21(20(31)12-24)25(16-5-3-4-6-18(16)29-23(25)32)17(13-27)22(28)30(19)15-9-7-14(26)8-10-15/h3-10H,11-12,28H2,1-2H3,(H,29,32)/t25-/m1/s1. The van der Waals surface area contributed by atoms with Gasteiger partial charge in [-0.1, -0.05) is 32.0 Å². The molecule has 3 N–H and O–H groups in total. The molecule has 0 radical (unpaired) electrons. The van der Waals surface area contributed by atoms with Crippen molar-refractivity contribution in [3.8, 4) is 6.07 Å². The number of amides is 1. The van der Waals surface area contributed by atoms with Crippen LogP contribution < -0.4 is 16.0 Å². The Bertz CT molecular complexity index is 1300. The summed E-state index contributed by atoms with van der Waals surface area (Å²) in [6.07, 6.45) is 0.695. The van der Waals surface area contributed by atoms with E-state index in [4.69, 9.17) is 5.73 Å². The van der Waals surface area contributed by atoms with Crippen molar-refractivity contribution in [2.24, 2.45) is 11.1 Å². The zero-order valence-electron chi connectivity index (χ0n) is 17.7. The van der Waals surface area contributed by atoms with Crippen LogP contribution in [0.3, 0.4) is 0 Å². The highest BCUT2D eigenvalue weighted by Gasteiger charge is 2.61. The van der Waals surface area contributed by atoms with Crippen molar-refractivity contribution in [2.45, 2.75) is 32.1 Å². The van der Waals surface area contributed by atoms with Gasteiger partial charge < -0.3 is 11.1 Å². The lowest BCUT2D eigenvalue weighted by molar-refractivity contribution is -0.123. The van der Waals surface area contributed by atoms with Crippen molar-refractivity contribution in [2.75, 3.05) is 10.2 Å². The maximum absolute atomic E-state index is 13.7. The van der Waals surface area contributed by atoms with Crippen LogP contribution in [0.5, 0.6) is 0 Å². The number of benzene rings is 2. The van der Waals surface area contributed by atoms with E-state index in [-0.39, 0.29) is 34.6 Å². The summed E-state index contributed by atoms with van der Waals surface area (Å²) in [4.78, 5) is 28.9. The molecule has 32 heavy (non-hydrogen) atoms. The molecule has 0 unspecified atom stereocenters. The molecular formula is C25H21FN4O2. The fourth-order valence-electron chi connectivity index (χ4n) is 5.26. The largest absolute Gasteiger partial charge is 0.384 e. The number of hydrogen-bond donors (Lipinski definition) is 2. The predicted octanol–water partition coefficient (Wildman–Crippen LogP) is 3.87. The summed E-state index contributed by atoms with van der Waals surface area (Å²) in [6, 6.07) is 14.9. The summed E-state index contributed by atoms with van der Waals surface area (Å²) >= 11 is 0. The van der Waals surface area contributed by atoms with E-state index < -0.39 is 17.1 Å². The maximum Gasteiger partial charge on any atom is 0.245 e. The van der Waals surface area contributed by atoms with Gasteiger partial charge in [-0.3, -0.25) is 14.5 Å². The number of fused-ring (bicyclic) bond motifs is 3. The van der Waals surface area contributed by atoms with Crippen molar-refractivity contribution in [1.82, 2.24) is 0 Å². The lowest BCUT2D eigenvalue weighted by Crippen LogP contribution is -2.52. The van der Waals surface area contributed by atoms with Gasteiger partial charge in [0.1, 0.15) is 23.1 Å². The van der Waals surface area contributed by atoms with Gasteiger partial charge in [-0.05, 0) is 42.2 Å². The number of ketones is 1. The second-order valence-corrected chi connectivity index (χ2v) is 9.20. The number of rotatable bonds is 1. The molecule has 2 aliphatic heterocycles. The number of nitrogens with zero attached hydrogens (tertiary/aromatic N) is 2.